The lowest BCUT2D eigenvalue weighted by Gasteiger charge is -1.98. The monoisotopic (exact) mass is 232 g/mol. The van der Waals surface area contributed by atoms with E-state index in [-0.39, 0.29) is 0 Å². The van der Waals surface area contributed by atoms with Gasteiger partial charge < -0.3 is 4.42 Å². The van der Waals surface area contributed by atoms with Gasteiger partial charge in [-0.25, -0.2) is 4.98 Å². The van der Waals surface area contributed by atoms with Crippen molar-refractivity contribution in [1.29, 1.82) is 0 Å². The predicted octanol–water partition coefficient (Wildman–Crippen LogP) is 3.56. The van der Waals surface area contributed by atoms with Crippen molar-refractivity contribution in [2.75, 3.05) is 0 Å². The minimum Gasteiger partial charge on any atom is -0.441 e. The van der Waals surface area contributed by atoms with Crippen LogP contribution in [0.25, 0.3) is 17.1 Å². The number of fused-ring (bicyclic) bond motifs is 1. The molecular formula is C12H9ClN2O. The predicted molar refractivity (Wildman–Crippen MR) is 62.6 cm³/mol. The number of furan rings is 1. The lowest BCUT2D eigenvalue weighted by Crippen LogP contribution is -1.87. The molecule has 0 fully saturated rings. The zero-order valence-electron chi connectivity index (χ0n) is 8.64. The van der Waals surface area contributed by atoms with E-state index in [1.165, 1.54) is 5.56 Å². The van der Waals surface area contributed by atoms with Crippen molar-refractivity contribution in [1.82, 2.24) is 9.38 Å². The van der Waals surface area contributed by atoms with E-state index in [1.807, 2.05) is 28.9 Å². The second kappa shape index (κ2) is 3.39. The number of aryl methyl sites for hydroxylation is 1. The highest BCUT2D eigenvalue weighted by Crippen LogP contribution is 2.24. The Morgan fingerprint density at radius 2 is 2.19 bits per heavy atom. The van der Waals surface area contributed by atoms with Gasteiger partial charge >= 0.3 is 0 Å². The van der Waals surface area contributed by atoms with Gasteiger partial charge in [0.05, 0.1) is 11.7 Å². The van der Waals surface area contributed by atoms with Crippen LogP contribution in [0.2, 0.25) is 5.22 Å². The van der Waals surface area contributed by atoms with E-state index in [4.69, 9.17) is 16.0 Å². The molecule has 3 heterocycles. The first kappa shape index (κ1) is 9.48. The van der Waals surface area contributed by atoms with Gasteiger partial charge in [-0.1, -0.05) is 0 Å². The number of aromatic nitrogens is 2. The Labute approximate surface area is 97.3 Å². The van der Waals surface area contributed by atoms with E-state index in [2.05, 4.69) is 18.0 Å². The summed E-state index contributed by atoms with van der Waals surface area (Å²) in [6.07, 6.45) is 3.79. The van der Waals surface area contributed by atoms with Crippen LogP contribution < -0.4 is 0 Å². The lowest BCUT2D eigenvalue weighted by molar-refractivity contribution is 0.579. The Hall–Kier alpha value is -1.74. The second-order valence-corrected chi connectivity index (χ2v) is 4.06. The summed E-state index contributed by atoms with van der Waals surface area (Å²) in [6, 6.07) is 7.63. The number of nitrogens with zero attached hydrogens (tertiary/aromatic N) is 2. The average Bonchev–Trinajstić information content (AvgIpc) is 2.83. The number of pyridine rings is 1. The Bertz CT molecular complexity index is 654. The number of imidazole rings is 1. The third kappa shape index (κ3) is 1.41. The fourth-order valence-corrected chi connectivity index (χ4v) is 1.87. The van der Waals surface area contributed by atoms with E-state index in [0.29, 0.717) is 11.0 Å². The molecule has 0 N–H and O–H groups in total. The molecule has 0 amide bonds. The molecule has 0 bridgehead atoms. The first-order valence-corrected chi connectivity index (χ1v) is 5.31. The van der Waals surface area contributed by atoms with Crippen molar-refractivity contribution in [2.24, 2.45) is 0 Å². The second-order valence-electron chi connectivity index (χ2n) is 3.68. The van der Waals surface area contributed by atoms with Crippen LogP contribution in [0.4, 0.5) is 0 Å². The van der Waals surface area contributed by atoms with E-state index in [0.717, 1.165) is 11.3 Å². The maximum atomic E-state index is 5.75. The molecule has 0 aliphatic carbocycles. The third-order valence-electron chi connectivity index (χ3n) is 2.48. The van der Waals surface area contributed by atoms with Gasteiger partial charge in [0.1, 0.15) is 0 Å². The normalized spacial score (nSPS) is 11.1. The molecule has 0 unspecified atom stereocenters. The molecule has 3 rings (SSSR count). The van der Waals surface area contributed by atoms with Crippen LogP contribution in [-0.2, 0) is 0 Å². The zero-order valence-corrected chi connectivity index (χ0v) is 9.40. The smallest absolute Gasteiger partial charge is 0.194 e. The molecule has 80 valence electrons. The highest BCUT2D eigenvalue weighted by Gasteiger charge is 2.09. The SMILES string of the molecule is Cc1ccn2c(-c3ccc(Cl)o3)ncc2c1. The number of hydrogen-bond acceptors (Lipinski definition) is 2. The Kier molecular flexibility index (Phi) is 2.01. The minimum atomic E-state index is 0.374. The van der Waals surface area contributed by atoms with Crippen LogP contribution in [0.1, 0.15) is 5.56 Å². The van der Waals surface area contributed by atoms with Crippen molar-refractivity contribution in [3.8, 4) is 11.6 Å². The van der Waals surface area contributed by atoms with Crippen LogP contribution in [0.15, 0.2) is 41.1 Å². The quantitative estimate of drug-likeness (QED) is 0.642. The molecule has 0 aromatic carbocycles. The summed E-state index contributed by atoms with van der Waals surface area (Å²) in [5, 5.41) is 0.374. The summed E-state index contributed by atoms with van der Waals surface area (Å²) in [5.41, 5.74) is 2.25. The van der Waals surface area contributed by atoms with E-state index < -0.39 is 0 Å². The van der Waals surface area contributed by atoms with Gasteiger partial charge in [-0.15, -0.1) is 0 Å². The van der Waals surface area contributed by atoms with Gasteiger partial charge in [-0.3, -0.25) is 4.40 Å². The molecule has 3 aromatic rings. The van der Waals surface area contributed by atoms with E-state index in [1.54, 1.807) is 6.07 Å². The summed E-state index contributed by atoms with van der Waals surface area (Å²) >= 11 is 5.75. The summed E-state index contributed by atoms with van der Waals surface area (Å²) in [7, 11) is 0. The molecule has 0 radical (unpaired) electrons. The summed E-state index contributed by atoms with van der Waals surface area (Å²) in [5.74, 6) is 1.44. The highest BCUT2D eigenvalue weighted by atomic mass is 35.5. The van der Waals surface area contributed by atoms with Gasteiger partial charge in [0.2, 0.25) is 0 Å². The van der Waals surface area contributed by atoms with Gasteiger partial charge in [0, 0.05) is 6.20 Å². The largest absolute Gasteiger partial charge is 0.441 e. The van der Waals surface area contributed by atoms with Crippen molar-refractivity contribution in [3.05, 3.63) is 47.4 Å². The van der Waals surface area contributed by atoms with Crippen LogP contribution in [0.5, 0.6) is 0 Å². The summed E-state index contributed by atoms with van der Waals surface area (Å²) in [4.78, 5) is 4.33. The molecule has 16 heavy (non-hydrogen) atoms. The van der Waals surface area contributed by atoms with Gasteiger partial charge in [0.25, 0.3) is 0 Å². The fraction of sp³-hybridized carbons (Fsp3) is 0.0833. The van der Waals surface area contributed by atoms with E-state index in [9.17, 15) is 0 Å². The Morgan fingerprint density at radius 3 is 2.94 bits per heavy atom. The molecule has 3 aromatic heterocycles. The Balaban J connectivity index is 2.25. The molecule has 0 spiro atoms. The van der Waals surface area contributed by atoms with Crippen LogP contribution in [0, 0.1) is 6.92 Å². The summed E-state index contributed by atoms with van der Waals surface area (Å²) in [6.45, 7) is 2.05. The standard InChI is InChI=1S/C12H9ClN2O/c1-8-4-5-15-9(6-8)7-14-12(15)10-2-3-11(13)16-10/h2-7H,1H3. The van der Waals surface area contributed by atoms with Crippen LogP contribution in [-0.4, -0.2) is 9.38 Å². The number of rotatable bonds is 1. The molecule has 0 aliphatic rings. The first-order valence-electron chi connectivity index (χ1n) is 4.93. The molecular weight excluding hydrogens is 224 g/mol. The maximum Gasteiger partial charge on any atom is 0.194 e. The van der Waals surface area contributed by atoms with Gasteiger partial charge in [-0.05, 0) is 48.4 Å². The highest BCUT2D eigenvalue weighted by molar-refractivity contribution is 6.28. The molecule has 0 saturated carbocycles. The third-order valence-corrected chi connectivity index (χ3v) is 2.68. The zero-order chi connectivity index (χ0) is 11.1. The molecule has 0 saturated heterocycles. The molecule has 4 heteroatoms. The lowest BCUT2D eigenvalue weighted by atomic mass is 10.3. The number of hydrogen-bond donors (Lipinski definition) is 0. The molecule has 3 nitrogen and oxygen atoms in total. The molecule has 0 aliphatic heterocycles. The van der Waals surface area contributed by atoms with Gasteiger partial charge in [0.15, 0.2) is 16.8 Å². The van der Waals surface area contributed by atoms with Crippen molar-refractivity contribution in [2.45, 2.75) is 6.92 Å². The van der Waals surface area contributed by atoms with Crippen molar-refractivity contribution >= 4 is 17.1 Å². The maximum absolute atomic E-state index is 5.75. The van der Waals surface area contributed by atoms with E-state index >= 15 is 0 Å². The fourth-order valence-electron chi connectivity index (χ4n) is 1.73. The van der Waals surface area contributed by atoms with Crippen molar-refractivity contribution < 1.29 is 4.42 Å². The summed E-state index contributed by atoms with van der Waals surface area (Å²) < 4.78 is 7.32. The van der Waals surface area contributed by atoms with Crippen molar-refractivity contribution in [3.63, 3.8) is 0 Å². The first-order chi connectivity index (χ1) is 7.74. The van der Waals surface area contributed by atoms with Crippen LogP contribution >= 0.6 is 11.6 Å². The number of halogens is 1. The Morgan fingerprint density at radius 1 is 1.31 bits per heavy atom. The minimum absolute atomic E-state index is 0.374. The topological polar surface area (TPSA) is 30.4 Å². The van der Waals surface area contributed by atoms with Crippen LogP contribution in [0.3, 0.4) is 0 Å². The van der Waals surface area contributed by atoms with Gasteiger partial charge in [-0.2, -0.15) is 0 Å². The molecule has 0 atom stereocenters. The average molecular weight is 233 g/mol.